The number of aromatic hydroxyl groups is 2. The molecule has 0 spiro atoms. The first-order valence-corrected chi connectivity index (χ1v) is 8.31. The van der Waals surface area contributed by atoms with Crippen molar-refractivity contribution >= 4 is 5.97 Å². The molecule has 0 radical (unpaired) electrons. The lowest BCUT2D eigenvalue weighted by Crippen LogP contribution is -2.29. The van der Waals surface area contributed by atoms with Gasteiger partial charge in [-0.3, -0.25) is 0 Å². The molecule has 0 saturated carbocycles. The minimum absolute atomic E-state index is 0.0246. The smallest absolute Gasteiger partial charge is 0.340 e. The second kappa shape index (κ2) is 6.15. The molecule has 0 unspecified atom stereocenters. The van der Waals surface area contributed by atoms with Gasteiger partial charge in [-0.2, -0.15) is 10.5 Å². The summed E-state index contributed by atoms with van der Waals surface area (Å²) in [6.45, 7) is 0. The topological polar surface area (TPSA) is 114 Å². The molecule has 1 heterocycles. The highest BCUT2D eigenvalue weighted by atomic mass is 16.6. The Morgan fingerprint density at radius 1 is 0.821 bits per heavy atom. The number of benzene rings is 3. The predicted octanol–water partition coefficient (Wildman–Crippen LogP) is 3.30. The van der Waals surface area contributed by atoms with Gasteiger partial charge < -0.3 is 14.9 Å². The van der Waals surface area contributed by atoms with E-state index in [0.717, 1.165) is 0 Å². The summed E-state index contributed by atoms with van der Waals surface area (Å²) in [5.74, 6) is -0.932. The van der Waals surface area contributed by atoms with E-state index < -0.39 is 11.6 Å². The second-order valence-electron chi connectivity index (χ2n) is 6.30. The van der Waals surface area contributed by atoms with Crippen molar-refractivity contribution in [3.63, 3.8) is 0 Å². The van der Waals surface area contributed by atoms with E-state index in [2.05, 4.69) is 0 Å². The average Bonchev–Trinajstić information content (AvgIpc) is 3.02. The van der Waals surface area contributed by atoms with Gasteiger partial charge in [-0.1, -0.05) is 30.3 Å². The van der Waals surface area contributed by atoms with E-state index in [0.29, 0.717) is 22.3 Å². The first-order chi connectivity index (χ1) is 13.5. The predicted molar refractivity (Wildman–Crippen MR) is 97.4 cm³/mol. The summed E-state index contributed by atoms with van der Waals surface area (Å²) < 4.78 is 5.85. The lowest BCUT2D eigenvalue weighted by molar-refractivity contribution is 0.0251. The van der Waals surface area contributed by atoms with Gasteiger partial charge >= 0.3 is 5.97 Å². The van der Waals surface area contributed by atoms with Gasteiger partial charge in [-0.15, -0.1) is 0 Å². The first kappa shape index (κ1) is 17.1. The van der Waals surface area contributed by atoms with Gasteiger partial charge in [0.15, 0.2) is 5.60 Å². The summed E-state index contributed by atoms with van der Waals surface area (Å²) in [7, 11) is 0. The summed E-state index contributed by atoms with van der Waals surface area (Å²) in [4.78, 5) is 12.6. The molecule has 28 heavy (non-hydrogen) atoms. The number of carbonyl (C=O) groups excluding carboxylic acids is 1. The second-order valence-corrected chi connectivity index (χ2v) is 6.30. The number of ether oxygens (including phenoxy) is 1. The summed E-state index contributed by atoms with van der Waals surface area (Å²) >= 11 is 0. The highest BCUT2D eigenvalue weighted by Gasteiger charge is 2.48. The maximum atomic E-state index is 12.6. The average molecular weight is 368 g/mol. The number of hydrogen-bond acceptors (Lipinski definition) is 6. The lowest BCUT2D eigenvalue weighted by Gasteiger charge is -2.30. The molecule has 0 fully saturated rings. The first-order valence-electron chi connectivity index (χ1n) is 8.31. The third kappa shape index (κ3) is 2.29. The molecule has 1 aliphatic rings. The van der Waals surface area contributed by atoms with Crippen LogP contribution in [0.4, 0.5) is 0 Å². The van der Waals surface area contributed by atoms with Crippen molar-refractivity contribution < 1.29 is 19.7 Å². The number of esters is 1. The highest BCUT2D eigenvalue weighted by molar-refractivity contribution is 5.96. The van der Waals surface area contributed by atoms with Crippen molar-refractivity contribution in [3.8, 4) is 23.6 Å². The normalized spacial score (nSPS) is 13.9. The molecule has 1 aliphatic heterocycles. The number of hydrogen-bond donors (Lipinski definition) is 2. The summed E-state index contributed by atoms with van der Waals surface area (Å²) in [5.41, 5.74) is 0.411. The molecule has 0 aliphatic carbocycles. The largest absolute Gasteiger partial charge is 0.507 e. The van der Waals surface area contributed by atoms with Crippen molar-refractivity contribution in [2.45, 2.75) is 5.60 Å². The van der Waals surface area contributed by atoms with E-state index in [1.165, 1.54) is 24.3 Å². The van der Waals surface area contributed by atoms with Crippen LogP contribution in [0.1, 0.15) is 38.2 Å². The van der Waals surface area contributed by atoms with Gasteiger partial charge in [0, 0.05) is 16.7 Å². The summed E-state index contributed by atoms with van der Waals surface area (Å²) in [6, 6.07) is 19.4. The Hall–Kier alpha value is -4.29. The fourth-order valence-corrected chi connectivity index (χ4v) is 3.50. The van der Waals surface area contributed by atoms with E-state index in [1.807, 2.05) is 12.1 Å². The molecule has 0 bridgehead atoms. The van der Waals surface area contributed by atoms with Crippen molar-refractivity contribution in [1.82, 2.24) is 0 Å². The monoisotopic (exact) mass is 368 g/mol. The van der Waals surface area contributed by atoms with Crippen LogP contribution in [0.25, 0.3) is 0 Å². The zero-order valence-electron chi connectivity index (χ0n) is 14.4. The molecule has 0 amide bonds. The van der Waals surface area contributed by atoms with Gasteiger partial charge in [-0.05, 0) is 30.3 Å². The molecule has 4 rings (SSSR count). The van der Waals surface area contributed by atoms with Gasteiger partial charge in [0.05, 0.1) is 16.7 Å². The molecule has 0 saturated heterocycles. The van der Waals surface area contributed by atoms with E-state index in [1.54, 1.807) is 36.4 Å². The van der Waals surface area contributed by atoms with Crippen LogP contribution >= 0.6 is 0 Å². The number of phenolic OH excluding ortho intramolecular Hbond substituents is 2. The van der Waals surface area contributed by atoms with Crippen molar-refractivity contribution in [2.75, 3.05) is 0 Å². The van der Waals surface area contributed by atoms with Crippen LogP contribution in [0, 0.1) is 22.7 Å². The van der Waals surface area contributed by atoms with E-state index in [4.69, 9.17) is 4.74 Å². The maximum Gasteiger partial charge on any atom is 0.340 e. The van der Waals surface area contributed by atoms with Crippen molar-refractivity contribution in [3.05, 3.63) is 94.0 Å². The van der Waals surface area contributed by atoms with Crippen LogP contribution < -0.4 is 0 Å². The van der Waals surface area contributed by atoms with Gasteiger partial charge in [0.1, 0.15) is 23.6 Å². The number of fused-ring (bicyclic) bond motifs is 1. The Bertz CT molecular complexity index is 1150. The molecule has 2 N–H and O–H groups in total. The number of nitriles is 2. The van der Waals surface area contributed by atoms with Crippen LogP contribution in [-0.4, -0.2) is 16.2 Å². The SMILES string of the molecule is N#Cc1cc(C2(c3ccc(O)c(C#N)c3)OC(=O)c3ccccc32)ccc1O. The molecule has 3 aromatic carbocycles. The summed E-state index contributed by atoms with van der Waals surface area (Å²) in [5, 5.41) is 38.4. The van der Waals surface area contributed by atoms with Crippen LogP contribution in [-0.2, 0) is 10.3 Å². The van der Waals surface area contributed by atoms with Crippen molar-refractivity contribution in [2.24, 2.45) is 0 Å². The van der Waals surface area contributed by atoms with Crippen LogP contribution in [0.2, 0.25) is 0 Å². The number of phenols is 2. The quantitative estimate of drug-likeness (QED) is 0.671. The van der Waals surface area contributed by atoms with Gasteiger partial charge in [0.2, 0.25) is 0 Å². The van der Waals surface area contributed by atoms with Crippen LogP contribution in [0.3, 0.4) is 0 Å². The number of rotatable bonds is 2. The molecule has 6 nitrogen and oxygen atoms in total. The highest BCUT2D eigenvalue weighted by Crippen LogP contribution is 2.48. The van der Waals surface area contributed by atoms with Crippen molar-refractivity contribution in [1.29, 1.82) is 10.5 Å². The minimum Gasteiger partial charge on any atom is -0.507 e. The standard InChI is InChI=1S/C22H12N2O4/c23-11-13-9-15(5-7-19(13)25)22(16-6-8-20(26)14(10-16)12-24)18-4-2-1-3-17(18)21(27)28-22/h1-10,25-26H. The van der Waals surface area contributed by atoms with E-state index in [9.17, 15) is 25.5 Å². The fraction of sp³-hybridized carbons (Fsp3) is 0.0455. The number of cyclic esters (lactones) is 1. The maximum absolute atomic E-state index is 12.6. The third-order valence-electron chi connectivity index (χ3n) is 4.82. The Morgan fingerprint density at radius 2 is 1.36 bits per heavy atom. The molecule has 0 aromatic heterocycles. The van der Waals surface area contributed by atoms with E-state index in [-0.39, 0.29) is 22.6 Å². The van der Waals surface area contributed by atoms with E-state index >= 15 is 0 Å². The van der Waals surface area contributed by atoms with Crippen LogP contribution in [0.15, 0.2) is 60.7 Å². The van der Waals surface area contributed by atoms with Gasteiger partial charge in [-0.25, -0.2) is 4.79 Å². The molecule has 0 atom stereocenters. The third-order valence-corrected chi connectivity index (χ3v) is 4.82. The van der Waals surface area contributed by atoms with Crippen LogP contribution in [0.5, 0.6) is 11.5 Å². The molecule has 3 aromatic rings. The fourth-order valence-electron chi connectivity index (χ4n) is 3.50. The molecular formula is C22H12N2O4. The Labute approximate surface area is 160 Å². The molecular weight excluding hydrogens is 356 g/mol. The Morgan fingerprint density at radius 3 is 1.89 bits per heavy atom. The zero-order valence-corrected chi connectivity index (χ0v) is 14.4. The molecule has 6 heteroatoms. The lowest BCUT2D eigenvalue weighted by atomic mass is 9.79. The summed E-state index contributed by atoms with van der Waals surface area (Å²) in [6.07, 6.45) is 0. The van der Waals surface area contributed by atoms with Gasteiger partial charge in [0.25, 0.3) is 0 Å². The Kier molecular flexibility index (Phi) is 3.77. The number of carbonyl (C=O) groups is 1. The number of nitrogens with zero attached hydrogens (tertiary/aromatic N) is 2. The zero-order chi connectivity index (χ0) is 19.9. The minimum atomic E-state index is -1.42. The molecule has 134 valence electrons. The Balaban J connectivity index is 2.09.